The summed E-state index contributed by atoms with van der Waals surface area (Å²) >= 11 is 1.78. The van der Waals surface area contributed by atoms with Crippen LogP contribution in [0.2, 0.25) is 0 Å². The topological polar surface area (TPSA) is 40.5 Å². The normalized spacial score (nSPS) is 11.6. The Morgan fingerprint density at radius 2 is 2.10 bits per heavy atom. The van der Waals surface area contributed by atoms with E-state index in [9.17, 15) is 4.79 Å². The van der Waals surface area contributed by atoms with Gasteiger partial charge in [0.15, 0.2) is 0 Å². The molecule has 0 amide bonds. The standard InChI is InChI=1S/C16H21NO2S/c1-12(2)17(9-5-8-16(18)19)10-13-11-20-15-7-4-3-6-14(13)15/h3-4,6-7,11-12H,5,8-10H2,1-2H3,(H,18,19). The Labute approximate surface area is 123 Å². The largest absolute Gasteiger partial charge is 0.481 e. The first-order valence-corrected chi connectivity index (χ1v) is 7.87. The fourth-order valence-corrected chi connectivity index (χ4v) is 3.28. The highest BCUT2D eigenvalue weighted by Crippen LogP contribution is 2.27. The molecule has 1 N–H and O–H groups in total. The molecule has 2 rings (SSSR count). The lowest BCUT2D eigenvalue weighted by atomic mass is 10.1. The van der Waals surface area contributed by atoms with Crippen LogP contribution in [-0.4, -0.2) is 28.6 Å². The fraction of sp³-hybridized carbons (Fsp3) is 0.438. The number of thiophene rings is 1. The SMILES string of the molecule is CC(C)N(CCCC(=O)O)Cc1csc2ccccc12. The van der Waals surface area contributed by atoms with E-state index in [-0.39, 0.29) is 6.42 Å². The molecule has 0 radical (unpaired) electrons. The zero-order valence-corrected chi connectivity index (χ0v) is 12.8. The third-order valence-corrected chi connectivity index (χ3v) is 4.51. The minimum absolute atomic E-state index is 0.244. The van der Waals surface area contributed by atoms with Crippen LogP contribution in [0.1, 0.15) is 32.3 Å². The van der Waals surface area contributed by atoms with Gasteiger partial charge in [0.05, 0.1) is 0 Å². The van der Waals surface area contributed by atoms with E-state index in [1.54, 1.807) is 11.3 Å². The van der Waals surface area contributed by atoms with E-state index in [0.29, 0.717) is 12.5 Å². The fourth-order valence-electron chi connectivity index (χ4n) is 2.33. The first kappa shape index (κ1) is 15.0. The van der Waals surface area contributed by atoms with Gasteiger partial charge in [-0.05, 0) is 49.2 Å². The van der Waals surface area contributed by atoms with Gasteiger partial charge in [-0.25, -0.2) is 0 Å². The molecule has 0 aliphatic carbocycles. The zero-order chi connectivity index (χ0) is 14.5. The van der Waals surface area contributed by atoms with Crippen molar-refractivity contribution in [3.8, 4) is 0 Å². The Bertz CT molecular complexity index is 577. The summed E-state index contributed by atoms with van der Waals surface area (Å²) in [5.41, 5.74) is 1.34. The maximum Gasteiger partial charge on any atom is 0.303 e. The summed E-state index contributed by atoms with van der Waals surface area (Å²) in [7, 11) is 0. The summed E-state index contributed by atoms with van der Waals surface area (Å²) in [4.78, 5) is 13.0. The summed E-state index contributed by atoms with van der Waals surface area (Å²) in [6, 6.07) is 8.87. The van der Waals surface area contributed by atoms with Crippen LogP contribution in [0.25, 0.3) is 10.1 Å². The molecule has 20 heavy (non-hydrogen) atoms. The van der Waals surface area contributed by atoms with Crippen molar-refractivity contribution in [1.29, 1.82) is 0 Å². The first-order chi connectivity index (χ1) is 9.58. The molecule has 108 valence electrons. The molecule has 0 unspecified atom stereocenters. The minimum atomic E-state index is -0.713. The Kier molecular flexibility index (Phi) is 5.15. The van der Waals surface area contributed by atoms with Gasteiger partial charge in [0.25, 0.3) is 0 Å². The van der Waals surface area contributed by atoms with Gasteiger partial charge in [-0.3, -0.25) is 9.69 Å². The number of nitrogens with zero attached hydrogens (tertiary/aromatic N) is 1. The van der Waals surface area contributed by atoms with Crippen LogP contribution in [0.15, 0.2) is 29.6 Å². The molecule has 4 heteroatoms. The third kappa shape index (κ3) is 3.81. The maximum absolute atomic E-state index is 10.6. The van der Waals surface area contributed by atoms with E-state index >= 15 is 0 Å². The van der Waals surface area contributed by atoms with Crippen LogP contribution in [-0.2, 0) is 11.3 Å². The molecule has 0 aliphatic heterocycles. The zero-order valence-electron chi connectivity index (χ0n) is 12.0. The molecule has 0 bridgehead atoms. The van der Waals surface area contributed by atoms with E-state index in [1.165, 1.54) is 15.6 Å². The van der Waals surface area contributed by atoms with Crippen molar-refractivity contribution in [1.82, 2.24) is 4.90 Å². The highest BCUT2D eigenvalue weighted by Gasteiger charge is 2.13. The van der Waals surface area contributed by atoms with Crippen molar-refractivity contribution in [2.24, 2.45) is 0 Å². The summed E-state index contributed by atoms with van der Waals surface area (Å²) in [5.74, 6) is -0.713. The van der Waals surface area contributed by atoms with Gasteiger partial charge in [0, 0.05) is 23.7 Å². The van der Waals surface area contributed by atoms with Gasteiger partial charge in [-0.15, -0.1) is 11.3 Å². The van der Waals surface area contributed by atoms with E-state index in [4.69, 9.17) is 5.11 Å². The second-order valence-corrected chi connectivity index (χ2v) is 6.23. The number of hydrogen-bond donors (Lipinski definition) is 1. The maximum atomic E-state index is 10.6. The van der Waals surface area contributed by atoms with Crippen LogP contribution in [0.5, 0.6) is 0 Å². The third-order valence-electron chi connectivity index (χ3n) is 3.50. The predicted octanol–water partition coefficient (Wildman–Crippen LogP) is 3.98. The van der Waals surface area contributed by atoms with Crippen molar-refractivity contribution in [2.45, 2.75) is 39.3 Å². The number of carboxylic acid groups (broad SMARTS) is 1. The molecule has 3 nitrogen and oxygen atoms in total. The van der Waals surface area contributed by atoms with E-state index in [2.05, 4.69) is 48.4 Å². The molecule has 0 saturated carbocycles. The number of carbonyl (C=O) groups is 1. The number of rotatable bonds is 7. The van der Waals surface area contributed by atoms with Crippen LogP contribution in [0, 0.1) is 0 Å². The number of carboxylic acids is 1. The Morgan fingerprint density at radius 1 is 1.35 bits per heavy atom. The summed E-state index contributed by atoms with van der Waals surface area (Å²) in [6.07, 6.45) is 0.948. The van der Waals surface area contributed by atoms with Crippen molar-refractivity contribution < 1.29 is 9.90 Å². The molecule has 1 heterocycles. The van der Waals surface area contributed by atoms with Crippen LogP contribution < -0.4 is 0 Å². The van der Waals surface area contributed by atoms with Crippen molar-refractivity contribution >= 4 is 27.4 Å². The van der Waals surface area contributed by atoms with Crippen LogP contribution >= 0.6 is 11.3 Å². The van der Waals surface area contributed by atoms with E-state index < -0.39 is 5.97 Å². The van der Waals surface area contributed by atoms with Crippen molar-refractivity contribution in [3.63, 3.8) is 0 Å². The first-order valence-electron chi connectivity index (χ1n) is 6.99. The predicted molar refractivity (Wildman–Crippen MR) is 84.2 cm³/mol. The Morgan fingerprint density at radius 3 is 2.80 bits per heavy atom. The average Bonchev–Trinajstić information content (AvgIpc) is 2.80. The average molecular weight is 291 g/mol. The molecule has 0 atom stereocenters. The number of fused-ring (bicyclic) bond motifs is 1. The molecular weight excluding hydrogens is 270 g/mol. The summed E-state index contributed by atoms with van der Waals surface area (Å²) in [5, 5.41) is 12.3. The highest BCUT2D eigenvalue weighted by atomic mass is 32.1. The van der Waals surface area contributed by atoms with Gasteiger partial charge >= 0.3 is 5.97 Å². The van der Waals surface area contributed by atoms with Gasteiger partial charge in [0.1, 0.15) is 0 Å². The second kappa shape index (κ2) is 6.86. The Balaban J connectivity index is 2.05. The van der Waals surface area contributed by atoms with Gasteiger partial charge in [-0.1, -0.05) is 18.2 Å². The highest BCUT2D eigenvalue weighted by molar-refractivity contribution is 7.17. The minimum Gasteiger partial charge on any atom is -0.481 e. The second-order valence-electron chi connectivity index (χ2n) is 5.32. The van der Waals surface area contributed by atoms with Crippen LogP contribution in [0.4, 0.5) is 0 Å². The lowest BCUT2D eigenvalue weighted by molar-refractivity contribution is -0.137. The summed E-state index contributed by atoms with van der Waals surface area (Å²) in [6.45, 7) is 6.04. The van der Waals surface area contributed by atoms with Crippen molar-refractivity contribution in [3.05, 3.63) is 35.2 Å². The van der Waals surface area contributed by atoms with Gasteiger partial charge < -0.3 is 5.11 Å². The molecule has 2 aromatic rings. The Hall–Kier alpha value is -1.39. The molecule has 0 fully saturated rings. The monoisotopic (exact) mass is 291 g/mol. The smallest absolute Gasteiger partial charge is 0.303 e. The quantitative estimate of drug-likeness (QED) is 0.839. The van der Waals surface area contributed by atoms with Gasteiger partial charge in [-0.2, -0.15) is 0 Å². The van der Waals surface area contributed by atoms with E-state index in [0.717, 1.165) is 13.1 Å². The molecule has 0 spiro atoms. The lowest BCUT2D eigenvalue weighted by Gasteiger charge is -2.26. The lowest BCUT2D eigenvalue weighted by Crippen LogP contribution is -2.31. The molecular formula is C16H21NO2S. The molecule has 1 aromatic carbocycles. The van der Waals surface area contributed by atoms with E-state index in [1.807, 2.05) is 0 Å². The molecule has 0 saturated heterocycles. The van der Waals surface area contributed by atoms with Gasteiger partial charge in [0.2, 0.25) is 0 Å². The molecule has 0 aliphatic rings. The number of hydrogen-bond acceptors (Lipinski definition) is 3. The molecule has 1 aromatic heterocycles. The summed E-state index contributed by atoms with van der Waals surface area (Å²) < 4.78 is 1.32. The van der Waals surface area contributed by atoms with Crippen LogP contribution in [0.3, 0.4) is 0 Å². The van der Waals surface area contributed by atoms with Crippen molar-refractivity contribution in [2.75, 3.05) is 6.54 Å². The number of benzene rings is 1. The number of aliphatic carboxylic acids is 1.